The van der Waals surface area contributed by atoms with E-state index in [2.05, 4.69) is 52.9 Å². The maximum Gasteiger partial charge on any atom is 0.191 e. The van der Waals surface area contributed by atoms with Crippen molar-refractivity contribution in [2.24, 2.45) is 4.99 Å². The number of ether oxygens (including phenoxy) is 2. The van der Waals surface area contributed by atoms with E-state index in [1.165, 1.54) is 5.56 Å². The maximum atomic E-state index is 5.73. The van der Waals surface area contributed by atoms with Crippen molar-refractivity contribution in [3.8, 4) is 5.75 Å². The van der Waals surface area contributed by atoms with Gasteiger partial charge in [0.2, 0.25) is 0 Å². The van der Waals surface area contributed by atoms with Gasteiger partial charge in [0.1, 0.15) is 5.75 Å². The minimum atomic E-state index is 0.620. The molecular formula is C23H33N3O2. The van der Waals surface area contributed by atoms with Gasteiger partial charge in [-0.2, -0.15) is 0 Å². The minimum absolute atomic E-state index is 0.620. The molecule has 0 radical (unpaired) electrons. The van der Waals surface area contributed by atoms with Crippen molar-refractivity contribution in [1.82, 2.24) is 10.6 Å². The third-order valence-corrected chi connectivity index (χ3v) is 4.28. The number of hydrogen-bond donors (Lipinski definition) is 2. The molecule has 2 N–H and O–H groups in total. The van der Waals surface area contributed by atoms with Crippen molar-refractivity contribution < 1.29 is 9.47 Å². The third kappa shape index (κ3) is 8.91. The highest BCUT2D eigenvalue weighted by atomic mass is 16.5. The lowest BCUT2D eigenvalue weighted by atomic mass is 10.2. The molecule has 0 bridgehead atoms. The summed E-state index contributed by atoms with van der Waals surface area (Å²) in [6.07, 6.45) is 3.06. The lowest BCUT2D eigenvalue weighted by Crippen LogP contribution is -2.37. The van der Waals surface area contributed by atoms with Gasteiger partial charge < -0.3 is 20.1 Å². The minimum Gasteiger partial charge on any atom is -0.497 e. The Kier molecular flexibility index (Phi) is 10.6. The first kappa shape index (κ1) is 21.8. The molecule has 0 saturated carbocycles. The lowest BCUT2D eigenvalue weighted by molar-refractivity contribution is 0.133. The van der Waals surface area contributed by atoms with Crippen LogP contribution in [0.5, 0.6) is 5.75 Å². The normalized spacial score (nSPS) is 11.3. The first-order chi connectivity index (χ1) is 13.8. The summed E-state index contributed by atoms with van der Waals surface area (Å²) in [5.74, 6) is 1.70. The van der Waals surface area contributed by atoms with Crippen molar-refractivity contribution in [1.29, 1.82) is 0 Å². The van der Waals surface area contributed by atoms with Crippen LogP contribution in [0, 0.1) is 0 Å². The van der Waals surface area contributed by atoms with Crippen molar-refractivity contribution in [2.45, 2.75) is 32.7 Å². The molecule has 0 fully saturated rings. The SMILES string of the molecule is CCNC(=NCc1cccc(OC)c1)NCCCCOCCc1ccccc1. The molecular weight excluding hydrogens is 350 g/mol. The van der Waals surface area contributed by atoms with Gasteiger partial charge in [0.25, 0.3) is 0 Å². The summed E-state index contributed by atoms with van der Waals surface area (Å²) in [4.78, 5) is 4.65. The zero-order valence-electron chi connectivity index (χ0n) is 17.1. The van der Waals surface area contributed by atoms with Crippen LogP contribution in [-0.2, 0) is 17.7 Å². The van der Waals surface area contributed by atoms with Crippen molar-refractivity contribution >= 4 is 5.96 Å². The molecule has 5 nitrogen and oxygen atoms in total. The van der Waals surface area contributed by atoms with Crippen LogP contribution in [0.2, 0.25) is 0 Å². The Labute approximate surface area is 169 Å². The number of hydrogen-bond acceptors (Lipinski definition) is 3. The number of benzene rings is 2. The molecule has 0 aromatic heterocycles. The van der Waals surface area contributed by atoms with Crippen molar-refractivity contribution in [3.63, 3.8) is 0 Å². The number of methoxy groups -OCH3 is 1. The summed E-state index contributed by atoms with van der Waals surface area (Å²) in [5, 5.41) is 6.68. The summed E-state index contributed by atoms with van der Waals surface area (Å²) in [6.45, 7) is 5.99. The van der Waals surface area contributed by atoms with Crippen molar-refractivity contribution in [3.05, 3.63) is 65.7 Å². The summed E-state index contributed by atoms with van der Waals surface area (Å²) in [5.41, 5.74) is 2.45. The molecule has 0 aliphatic carbocycles. The fraction of sp³-hybridized carbons (Fsp3) is 0.435. The number of nitrogens with zero attached hydrogens (tertiary/aromatic N) is 1. The van der Waals surface area contributed by atoms with Gasteiger partial charge in [-0.05, 0) is 49.4 Å². The van der Waals surface area contributed by atoms with Gasteiger partial charge in [-0.25, -0.2) is 4.99 Å². The average molecular weight is 384 g/mol. The second kappa shape index (κ2) is 13.6. The molecule has 0 unspecified atom stereocenters. The predicted octanol–water partition coefficient (Wildman–Crippen LogP) is 3.79. The van der Waals surface area contributed by atoms with Gasteiger partial charge in [-0.3, -0.25) is 0 Å². The Morgan fingerprint density at radius 1 is 0.929 bits per heavy atom. The average Bonchev–Trinajstić information content (AvgIpc) is 2.74. The van der Waals surface area contributed by atoms with Gasteiger partial charge in [0.05, 0.1) is 20.3 Å². The fourth-order valence-corrected chi connectivity index (χ4v) is 2.76. The van der Waals surface area contributed by atoms with E-state index in [0.717, 1.165) is 62.8 Å². The van der Waals surface area contributed by atoms with E-state index in [-0.39, 0.29) is 0 Å². The Morgan fingerprint density at radius 2 is 1.75 bits per heavy atom. The number of aliphatic imine (C=N–C) groups is 1. The smallest absolute Gasteiger partial charge is 0.191 e. The Balaban J connectivity index is 1.60. The number of nitrogens with one attached hydrogen (secondary N) is 2. The van der Waals surface area contributed by atoms with E-state index < -0.39 is 0 Å². The Bertz CT molecular complexity index is 689. The molecule has 2 aromatic carbocycles. The molecule has 0 saturated heterocycles. The number of unbranched alkanes of at least 4 members (excludes halogenated alkanes) is 1. The highest BCUT2D eigenvalue weighted by molar-refractivity contribution is 5.79. The molecule has 0 aliphatic heterocycles. The topological polar surface area (TPSA) is 54.9 Å². The molecule has 0 amide bonds. The monoisotopic (exact) mass is 383 g/mol. The first-order valence-corrected chi connectivity index (χ1v) is 10.1. The Hall–Kier alpha value is -2.53. The van der Waals surface area contributed by atoms with Crippen LogP contribution in [0.4, 0.5) is 0 Å². The molecule has 0 aliphatic rings. The van der Waals surface area contributed by atoms with Crippen LogP contribution in [-0.4, -0.2) is 39.4 Å². The molecule has 2 rings (SSSR count). The summed E-state index contributed by atoms with van der Waals surface area (Å²) < 4.78 is 11.0. The van der Waals surface area contributed by atoms with E-state index in [0.29, 0.717) is 6.54 Å². The van der Waals surface area contributed by atoms with Crippen LogP contribution in [0.1, 0.15) is 30.9 Å². The molecule has 0 heterocycles. The second-order valence-corrected chi connectivity index (χ2v) is 6.53. The Morgan fingerprint density at radius 3 is 2.54 bits per heavy atom. The van der Waals surface area contributed by atoms with Gasteiger partial charge in [0, 0.05) is 19.7 Å². The maximum absolute atomic E-state index is 5.73. The molecule has 2 aromatic rings. The standard InChI is InChI=1S/C23H33N3O2/c1-3-24-23(26-19-21-12-9-13-22(18-21)27-2)25-15-7-8-16-28-17-14-20-10-5-4-6-11-20/h4-6,9-13,18H,3,7-8,14-17,19H2,1-2H3,(H2,24,25,26). The zero-order valence-corrected chi connectivity index (χ0v) is 17.1. The molecule has 5 heteroatoms. The van der Waals surface area contributed by atoms with Crippen LogP contribution >= 0.6 is 0 Å². The van der Waals surface area contributed by atoms with Crippen molar-refractivity contribution in [2.75, 3.05) is 33.4 Å². The third-order valence-electron chi connectivity index (χ3n) is 4.28. The molecule has 152 valence electrons. The largest absolute Gasteiger partial charge is 0.497 e. The zero-order chi connectivity index (χ0) is 19.9. The van der Waals surface area contributed by atoms with E-state index in [9.17, 15) is 0 Å². The highest BCUT2D eigenvalue weighted by Crippen LogP contribution is 2.13. The van der Waals surface area contributed by atoms with Crippen LogP contribution in [0.15, 0.2) is 59.6 Å². The second-order valence-electron chi connectivity index (χ2n) is 6.53. The van der Waals surface area contributed by atoms with E-state index in [1.807, 2.05) is 24.3 Å². The fourth-order valence-electron chi connectivity index (χ4n) is 2.76. The molecule has 0 atom stereocenters. The lowest BCUT2D eigenvalue weighted by Gasteiger charge is -2.11. The van der Waals surface area contributed by atoms with E-state index in [1.54, 1.807) is 7.11 Å². The summed E-state index contributed by atoms with van der Waals surface area (Å²) >= 11 is 0. The van der Waals surface area contributed by atoms with Gasteiger partial charge in [-0.15, -0.1) is 0 Å². The number of guanidine groups is 1. The van der Waals surface area contributed by atoms with Crippen LogP contribution < -0.4 is 15.4 Å². The molecule has 0 spiro atoms. The van der Waals surface area contributed by atoms with Crippen LogP contribution in [0.25, 0.3) is 0 Å². The summed E-state index contributed by atoms with van der Waals surface area (Å²) in [7, 11) is 1.68. The first-order valence-electron chi connectivity index (χ1n) is 10.1. The predicted molar refractivity (Wildman–Crippen MR) is 116 cm³/mol. The number of rotatable bonds is 12. The van der Waals surface area contributed by atoms with Gasteiger partial charge in [-0.1, -0.05) is 42.5 Å². The van der Waals surface area contributed by atoms with E-state index >= 15 is 0 Å². The van der Waals surface area contributed by atoms with Crippen LogP contribution in [0.3, 0.4) is 0 Å². The quantitative estimate of drug-likeness (QED) is 0.333. The van der Waals surface area contributed by atoms with Gasteiger partial charge in [0.15, 0.2) is 5.96 Å². The highest BCUT2D eigenvalue weighted by Gasteiger charge is 1.99. The molecule has 28 heavy (non-hydrogen) atoms. The van der Waals surface area contributed by atoms with E-state index in [4.69, 9.17) is 9.47 Å². The van der Waals surface area contributed by atoms with Gasteiger partial charge >= 0.3 is 0 Å². The summed E-state index contributed by atoms with van der Waals surface area (Å²) in [6, 6.07) is 18.5.